The first-order chi connectivity index (χ1) is 10.9. The van der Waals surface area contributed by atoms with Gasteiger partial charge in [0.15, 0.2) is 0 Å². The summed E-state index contributed by atoms with van der Waals surface area (Å²) in [4.78, 5) is 12.1. The molecule has 0 spiro atoms. The molecule has 0 heterocycles. The van der Waals surface area contributed by atoms with Gasteiger partial charge < -0.3 is 5.32 Å². The van der Waals surface area contributed by atoms with Gasteiger partial charge in [0.25, 0.3) is 15.9 Å². The van der Waals surface area contributed by atoms with E-state index in [0.717, 1.165) is 10.9 Å². The van der Waals surface area contributed by atoms with Crippen molar-refractivity contribution in [3.63, 3.8) is 0 Å². The predicted octanol–water partition coefficient (Wildman–Crippen LogP) is 3.39. The molecule has 0 radical (unpaired) electrons. The minimum absolute atomic E-state index is 0.154. The summed E-state index contributed by atoms with van der Waals surface area (Å²) in [5.74, 6) is -0.225. The van der Waals surface area contributed by atoms with Crippen LogP contribution in [0.15, 0.2) is 57.9 Å². The first-order valence-electron chi connectivity index (χ1n) is 7.09. The third kappa shape index (κ3) is 4.80. The topological polar surface area (TPSA) is 75.3 Å². The highest BCUT2D eigenvalue weighted by atomic mass is 79.9. The fourth-order valence-corrected chi connectivity index (χ4v) is 3.21. The Hall–Kier alpha value is -1.86. The molecule has 1 amide bonds. The minimum atomic E-state index is -3.69. The number of benzene rings is 2. The number of hydrogen-bond acceptors (Lipinski definition) is 3. The summed E-state index contributed by atoms with van der Waals surface area (Å²) in [5.41, 5.74) is 0.756. The normalized spacial score (nSPS) is 11.0. The van der Waals surface area contributed by atoms with E-state index < -0.39 is 10.0 Å². The number of hydrogen-bond donors (Lipinski definition) is 2. The molecule has 23 heavy (non-hydrogen) atoms. The summed E-state index contributed by atoms with van der Waals surface area (Å²) in [5, 5.41) is 2.76. The fraction of sp³-hybridized carbons (Fsp3) is 0.188. The van der Waals surface area contributed by atoms with Crippen LogP contribution in [-0.4, -0.2) is 20.9 Å². The van der Waals surface area contributed by atoms with Crippen molar-refractivity contribution in [2.24, 2.45) is 0 Å². The van der Waals surface area contributed by atoms with Gasteiger partial charge in [0.05, 0.1) is 4.90 Å². The highest BCUT2D eigenvalue weighted by molar-refractivity contribution is 9.10. The van der Waals surface area contributed by atoms with Crippen LogP contribution in [0, 0.1) is 0 Å². The van der Waals surface area contributed by atoms with Gasteiger partial charge in [0.1, 0.15) is 0 Å². The first kappa shape index (κ1) is 17.5. The lowest BCUT2D eigenvalue weighted by molar-refractivity contribution is 0.0953. The van der Waals surface area contributed by atoms with E-state index in [0.29, 0.717) is 17.8 Å². The van der Waals surface area contributed by atoms with E-state index in [1.165, 1.54) is 18.2 Å². The monoisotopic (exact) mass is 396 g/mol. The number of carbonyl (C=O) groups excluding carboxylic acids is 1. The molecule has 0 bridgehead atoms. The van der Waals surface area contributed by atoms with Crippen molar-refractivity contribution in [2.75, 3.05) is 11.3 Å². The summed E-state index contributed by atoms with van der Waals surface area (Å²) < 4.78 is 28.0. The van der Waals surface area contributed by atoms with Crippen LogP contribution in [0.1, 0.15) is 23.7 Å². The van der Waals surface area contributed by atoms with Crippen molar-refractivity contribution in [2.45, 2.75) is 18.2 Å². The molecule has 2 rings (SSSR count). The molecule has 0 aromatic heterocycles. The lowest BCUT2D eigenvalue weighted by atomic mass is 10.2. The molecule has 0 atom stereocenters. The SMILES string of the molecule is CCCNC(=O)c1cccc(NS(=O)(=O)c2ccc(Br)cc2)c1. The molecule has 2 N–H and O–H groups in total. The van der Waals surface area contributed by atoms with Gasteiger partial charge in [0.2, 0.25) is 0 Å². The van der Waals surface area contributed by atoms with Gasteiger partial charge in [-0.15, -0.1) is 0 Å². The van der Waals surface area contributed by atoms with Crippen molar-refractivity contribution in [1.82, 2.24) is 5.32 Å². The van der Waals surface area contributed by atoms with Gasteiger partial charge in [-0.25, -0.2) is 8.42 Å². The van der Waals surface area contributed by atoms with Crippen LogP contribution in [0.3, 0.4) is 0 Å². The third-order valence-electron chi connectivity index (χ3n) is 3.04. The van der Waals surface area contributed by atoms with Crippen molar-refractivity contribution in [1.29, 1.82) is 0 Å². The summed E-state index contributed by atoms with van der Waals surface area (Å²) in [6.07, 6.45) is 0.835. The summed E-state index contributed by atoms with van der Waals surface area (Å²) in [6, 6.07) is 12.7. The molecule has 0 unspecified atom stereocenters. The first-order valence-corrected chi connectivity index (χ1v) is 9.36. The highest BCUT2D eigenvalue weighted by Gasteiger charge is 2.15. The summed E-state index contributed by atoms with van der Waals surface area (Å²) >= 11 is 3.27. The quantitative estimate of drug-likeness (QED) is 0.785. The van der Waals surface area contributed by atoms with Crippen LogP contribution in [-0.2, 0) is 10.0 Å². The summed E-state index contributed by atoms with van der Waals surface area (Å²) in [6.45, 7) is 2.54. The van der Waals surface area contributed by atoms with Crippen LogP contribution in [0.2, 0.25) is 0 Å². The predicted molar refractivity (Wildman–Crippen MR) is 94.0 cm³/mol. The van der Waals surface area contributed by atoms with E-state index >= 15 is 0 Å². The molecule has 7 heteroatoms. The average Bonchev–Trinajstić information content (AvgIpc) is 2.53. The van der Waals surface area contributed by atoms with Crippen LogP contribution in [0.5, 0.6) is 0 Å². The molecule has 0 aliphatic rings. The van der Waals surface area contributed by atoms with Crippen LogP contribution in [0.25, 0.3) is 0 Å². The molecule has 2 aromatic rings. The highest BCUT2D eigenvalue weighted by Crippen LogP contribution is 2.19. The molecule has 5 nitrogen and oxygen atoms in total. The third-order valence-corrected chi connectivity index (χ3v) is 4.96. The fourth-order valence-electron chi connectivity index (χ4n) is 1.89. The van der Waals surface area contributed by atoms with Crippen LogP contribution >= 0.6 is 15.9 Å². The van der Waals surface area contributed by atoms with Gasteiger partial charge in [-0.05, 0) is 48.9 Å². The Morgan fingerprint density at radius 1 is 1.13 bits per heavy atom. The molecule has 0 aliphatic heterocycles. The van der Waals surface area contributed by atoms with Crippen LogP contribution < -0.4 is 10.0 Å². The Bertz CT molecular complexity index is 789. The Balaban J connectivity index is 2.19. The maximum absolute atomic E-state index is 12.3. The average molecular weight is 397 g/mol. The van der Waals surface area contributed by atoms with E-state index in [1.54, 1.807) is 30.3 Å². The standard InChI is InChI=1S/C16H17BrN2O3S/c1-2-10-18-16(20)12-4-3-5-14(11-12)19-23(21,22)15-8-6-13(17)7-9-15/h3-9,11,19H,2,10H2,1H3,(H,18,20). The number of amides is 1. The second-order valence-electron chi connectivity index (χ2n) is 4.90. The van der Waals surface area contributed by atoms with E-state index in [4.69, 9.17) is 0 Å². The lowest BCUT2D eigenvalue weighted by Crippen LogP contribution is -2.24. The molecule has 0 saturated carbocycles. The zero-order valence-electron chi connectivity index (χ0n) is 12.5. The van der Waals surface area contributed by atoms with Crippen molar-refractivity contribution in [3.8, 4) is 0 Å². The zero-order chi connectivity index (χ0) is 16.9. The molecule has 0 fully saturated rings. The van der Waals surface area contributed by atoms with E-state index in [9.17, 15) is 13.2 Å². The maximum Gasteiger partial charge on any atom is 0.261 e. The number of nitrogens with one attached hydrogen (secondary N) is 2. The van der Waals surface area contributed by atoms with Crippen molar-refractivity contribution in [3.05, 3.63) is 58.6 Å². The van der Waals surface area contributed by atoms with Gasteiger partial charge in [-0.1, -0.05) is 28.9 Å². The lowest BCUT2D eigenvalue weighted by Gasteiger charge is -2.10. The van der Waals surface area contributed by atoms with E-state index in [1.807, 2.05) is 6.92 Å². The maximum atomic E-state index is 12.3. The second-order valence-corrected chi connectivity index (χ2v) is 7.49. The van der Waals surface area contributed by atoms with Crippen molar-refractivity contribution >= 4 is 37.5 Å². The zero-order valence-corrected chi connectivity index (χ0v) is 14.9. The number of carbonyl (C=O) groups is 1. The number of anilines is 1. The van der Waals surface area contributed by atoms with Crippen molar-refractivity contribution < 1.29 is 13.2 Å². The van der Waals surface area contributed by atoms with Gasteiger partial charge >= 0.3 is 0 Å². The number of rotatable bonds is 6. The molecular weight excluding hydrogens is 380 g/mol. The molecule has 122 valence electrons. The number of halogens is 1. The molecule has 2 aromatic carbocycles. The van der Waals surface area contributed by atoms with Crippen LogP contribution in [0.4, 0.5) is 5.69 Å². The van der Waals surface area contributed by atoms with Gasteiger partial charge in [0, 0.05) is 22.3 Å². The Kier molecular flexibility index (Phi) is 5.79. The minimum Gasteiger partial charge on any atom is -0.352 e. The molecule has 0 aliphatic carbocycles. The second kappa shape index (κ2) is 7.61. The van der Waals surface area contributed by atoms with Gasteiger partial charge in [-0.3, -0.25) is 9.52 Å². The smallest absolute Gasteiger partial charge is 0.261 e. The Labute approximate surface area is 144 Å². The summed E-state index contributed by atoms with van der Waals surface area (Å²) in [7, 11) is -3.69. The van der Waals surface area contributed by atoms with Gasteiger partial charge in [-0.2, -0.15) is 0 Å². The molecule has 0 saturated heterocycles. The van der Waals surface area contributed by atoms with E-state index in [2.05, 4.69) is 26.0 Å². The largest absolute Gasteiger partial charge is 0.352 e. The Morgan fingerprint density at radius 3 is 2.48 bits per heavy atom. The van der Waals surface area contributed by atoms with E-state index in [-0.39, 0.29) is 10.8 Å². The Morgan fingerprint density at radius 2 is 1.83 bits per heavy atom. The molecular formula is C16H17BrN2O3S. The number of sulfonamides is 1.